The second-order valence-corrected chi connectivity index (χ2v) is 6.34. The second kappa shape index (κ2) is 9.37. The molecular weight excluding hydrogens is 337 g/mol. The molecule has 1 aromatic rings. The highest BCUT2D eigenvalue weighted by Gasteiger charge is 2.20. The lowest BCUT2D eigenvalue weighted by atomic mass is 10.2. The summed E-state index contributed by atoms with van der Waals surface area (Å²) in [5.41, 5.74) is 0.572. The molecule has 7 heteroatoms. The Hall–Kier alpha value is -0.950. The predicted octanol–water partition coefficient (Wildman–Crippen LogP) is 2.51. The van der Waals surface area contributed by atoms with Crippen LogP contribution in [0.2, 0.25) is 5.02 Å². The van der Waals surface area contributed by atoms with Gasteiger partial charge < -0.3 is 15.0 Å². The number of ether oxygens (including phenoxy) is 1. The number of rotatable bonds is 6. The predicted molar refractivity (Wildman–Crippen MR) is 95.4 cm³/mol. The zero-order valence-corrected chi connectivity index (χ0v) is 14.9. The molecule has 0 radical (unpaired) electrons. The summed E-state index contributed by atoms with van der Waals surface area (Å²) >= 11 is 11.5. The van der Waals surface area contributed by atoms with Crippen LogP contribution in [0, 0.1) is 5.82 Å². The average molecular weight is 360 g/mol. The van der Waals surface area contributed by atoms with Crippen LogP contribution in [0.1, 0.15) is 12.0 Å². The zero-order chi connectivity index (χ0) is 16.7. The maximum Gasteiger partial charge on any atom is 0.169 e. The van der Waals surface area contributed by atoms with Gasteiger partial charge in [0.25, 0.3) is 0 Å². The molecule has 23 heavy (non-hydrogen) atoms. The lowest BCUT2D eigenvalue weighted by molar-refractivity contribution is 0.172. The maximum absolute atomic E-state index is 13.8. The van der Waals surface area contributed by atoms with E-state index in [9.17, 15) is 4.39 Å². The SMILES string of the molecule is COCCCNC(=S)N1CCN(Cc2c(F)cccc2Cl)CC1. The van der Waals surface area contributed by atoms with E-state index in [-0.39, 0.29) is 5.82 Å². The number of nitrogens with one attached hydrogen (secondary N) is 1. The molecule has 0 saturated carbocycles. The van der Waals surface area contributed by atoms with Crippen molar-refractivity contribution in [1.29, 1.82) is 0 Å². The van der Waals surface area contributed by atoms with Crippen LogP contribution in [0.3, 0.4) is 0 Å². The van der Waals surface area contributed by atoms with Gasteiger partial charge in [-0.1, -0.05) is 17.7 Å². The summed E-state index contributed by atoms with van der Waals surface area (Å²) in [6, 6.07) is 4.82. The Morgan fingerprint density at radius 3 is 2.74 bits per heavy atom. The molecule has 0 aromatic heterocycles. The van der Waals surface area contributed by atoms with Crippen molar-refractivity contribution < 1.29 is 9.13 Å². The Balaban J connectivity index is 1.76. The Morgan fingerprint density at radius 1 is 1.35 bits per heavy atom. The van der Waals surface area contributed by atoms with Crippen LogP contribution in [0.5, 0.6) is 0 Å². The van der Waals surface area contributed by atoms with Gasteiger partial charge in [0.15, 0.2) is 5.11 Å². The minimum Gasteiger partial charge on any atom is -0.385 e. The molecule has 1 aromatic carbocycles. The Morgan fingerprint density at radius 2 is 2.09 bits per heavy atom. The quantitative estimate of drug-likeness (QED) is 0.622. The van der Waals surface area contributed by atoms with Gasteiger partial charge in [-0.15, -0.1) is 0 Å². The smallest absolute Gasteiger partial charge is 0.169 e. The van der Waals surface area contributed by atoms with Crippen molar-refractivity contribution >= 4 is 28.9 Å². The van der Waals surface area contributed by atoms with E-state index >= 15 is 0 Å². The van der Waals surface area contributed by atoms with Gasteiger partial charge in [0.1, 0.15) is 5.82 Å². The summed E-state index contributed by atoms with van der Waals surface area (Å²) in [6.07, 6.45) is 0.933. The Kier molecular flexibility index (Phi) is 7.49. The fraction of sp³-hybridized carbons (Fsp3) is 0.562. The highest BCUT2D eigenvalue weighted by molar-refractivity contribution is 7.80. The summed E-state index contributed by atoms with van der Waals surface area (Å²) in [7, 11) is 1.69. The molecule has 0 unspecified atom stereocenters. The van der Waals surface area contributed by atoms with Crippen LogP contribution in [-0.2, 0) is 11.3 Å². The van der Waals surface area contributed by atoms with Crippen LogP contribution in [-0.4, -0.2) is 61.4 Å². The summed E-state index contributed by atoms with van der Waals surface area (Å²) in [4.78, 5) is 4.36. The van der Waals surface area contributed by atoms with Crippen molar-refractivity contribution in [1.82, 2.24) is 15.1 Å². The molecule has 2 rings (SSSR count). The molecule has 1 saturated heterocycles. The molecule has 1 fully saturated rings. The van der Waals surface area contributed by atoms with Gasteiger partial charge in [-0.3, -0.25) is 4.90 Å². The molecule has 4 nitrogen and oxygen atoms in total. The largest absolute Gasteiger partial charge is 0.385 e. The average Bonchev–Trinajstić information content (AvgIpc) is 2.55. The second-order valence-electron chi connectivity index (χ2n) is 5.54. The number of methoxy groups -OCH3 is 1. The molecule has 0 spiro atoms. The first-order valence-corrected chi connectivity index (χ1v) is 8.57. The van der Waals surface area contributed by atoms with E-state index in [0.29, 0.717) is 17.1 Å². The van der Waals surface area contributed by atoms with Crippen LogP contribution < -0.4 is 5.32 Å². The van der Waals surface area contributed by atoms with Crippen molar-refractivity contribution in [2.24, 2.45) is 0 Å². The minimum atomic E-state index is -0.240. The van der Waals surface area contributed by atoms with Crippen molar-refractivity contribution in [3.05, 3.63) is 34.6 Å². The van der Waals surface area contributed by atoms with Crippen molar-refractivity contribution in [3.8, 4) is 0 Å². The number of piperazine rings is 1. The van der Waals surface area contributed by atoms with E-state index in [2.05, 4.69) is 15.1 Å². The lowest BCUT2D eigenvalue weighted by Gasteiger charge is -2.36. The zero-order valence-electron chi connectivity index (χ0n) is 13.4. The molecule has 1 aliphatic heterocycles. The standard InChI is InChI=1S/C16H23ClFN3OS/c1-22-11-3-6-19-16(23)21-9-7-20(8-10-21)12-13-14(17)4-2-5-15(13)18/h2,4-5H,3,6-12H2,1H3,(H,19,23). The summed E-state index contributed by atoms with van der Waals surface area (Å²) in [5, 5.41) is 4.52. The molecule has 0 bridgehead atoms. The van der Waals surface area contributed by atoms with Crippen molar-refractivity contribution in [2.45, 2.75) is 13.0 Å². The molecule has 1 heterocycles. The van der Waals surface area contributed by atoms with E-state index < -0.39 is 0 Å². The fourth-order valence-corrected chi connectivity index (χ4v) is 3.05. The van der Waals surface area contributed by atoms with Crippen LogP contribution in [0.15, 0.2) is 18.2 Å². The van der Waals surface area contributed by atoms with Gasteiger partial charge in [0, 0.05) is 63.6 Å². The Labute approximate surface area is 147 Å². The van der Waals surface area contributed by atoms with Gasteiger partial charge in [-0.25, -0.2) is 4.39 Å². The first-order chi connectivity index (χ1) is 11.1. The third-order valence-corrected chi connectivity index (χ3v) is 4.66. The summed E-state index contributed by atoms with van der Waals surface area (Å²) in [5.74, 6) is -0.240. The molecule has 0 atom stereocenters. The van der Waals surface area contributed by atoms with E-state index in [1.54, 1.807) is 19.2 Å². The summed E-state index contributed by atoms with van der Waals surface area (Å²) < 4.78 is 18.9. The van der Waals surface area contributed by atoms with Crippen LogP contribution >= 0.6 is 23.8 Å². The number of hydrogen-bond donors (Lipinski definition) is 1. The third-order valence-electron chi connectivity index (χ3n) is 3.90. The lowest BCUT2D eigenvalue weighted by Crippen LogP contribution is -2.51. The van der Waals surface area contributed by atoms with Crippen molar-refractivity contribution in [3.63, 3.8) is 0 Å². The molecule has 0 aliphatic carbocycles. The van der Waals surface area contributed by atoms with E-state index in [1.807, 2.05) is 0 Å². The van der Waals surface area contributed by atoms with E-state index in [1.165, 1.54) is 6.07 Å². The van der Waals surface area contributed by atoms with Gasteiger partial charge >= 0.3 is 0 Å². The molecular formula is C16H23ClFN3OS. The number of thiocarbonyl (C=S) groups is 1. The third kappa shape index (κ3) is 5.57. The highest BCUT2D eigenvalue weighted by atomic mass is 35.5. The number of halogens is 2. The van der Waals surface area contributed by atoms with Crippen molar-refractivity contribution in [2.75, 3.05) is 46.4 Å². The monoisotopic (exact) mass is 359 g/mol. The molecule has 1 N–H and O–H groups in total. The molecule has 0 amide bonds. The first-order valence-electron chi connectivity index (χ1n) is 7.78. The highest BCUT2D eigenvalue weighted by Crippen LogP contribution is 2.21. The van der Waals surface area contributed by atoms with Gasteiger partial charge in [-0.2, -0.15) is 0 Å². The number of nitrogens with zero attached hydrogens (tertiary/aromatic N) is 2. The minimum absolute atomic E-state index is 0.240. The fourth-order valence-electron chi connectivity index (χ4n) is 2.54. The van der Waals surface area contributed by atoms with E-state index in [4.69, 9.17) is 28.6 Å². The topological polar surface area (TPSA) is 27.7 Å². The molecule has 128 valence electrons. The van der Waals surface area contributed by atoms with E-state index in [0.717, 1.165) is 50.9 Å². The van der Waals surface area contributed by atoms with Gasteiger partial charge in [0.2, 0.25) is 0 Å². The number of hydrogen-bond acceptors (Lipinski definition) is 3. The van der Waals surface area contributed by atoms with Gasteiger partial charge in [0.05, 0.1) is 0 Å². The Bertz CT molecular complexity index is 504. The normalized spacial score (nSPS) is 15.7. The first kappa shape index (κ1) is 18.4. The summed E-state index contributed by atoms with van der Waals surface area (Å²) in [6.45, 7) is 5.43. The number of benzene rings is 1. The molecule has 1 aliphatic rings. The maximum atomic E-state index is 13.8. The van der Waals surface area contributed by atoms with Gasteiger partial charge in [-0.05, 0) is 30.8 Å². The van der Waals surface area contributed by atoms with Crippen LogP contribution in [0.25, 0.3) is 0 Å². The van der Waals surface area contributed by atoms with Crippen LogP contribution in [0.4, 0.5) is 4.39 Å².